The van der Waals surface area contributed by atoms with E-state index in [9.17, 15) is 4.79 Å². The van der Waals surface area contributed by atoms with Gasteiger partial charge in [-0.3, -0.25) is 4.79 Å². The van der Waals surface area contributed by atoms with Crippen molar-refractivity contribution >= 4 is 11.6 Å². The molecule has 0 spiro atoms. The minimum absolute atomic E-state index is 0.0630. The summed E-state index contributed by atoms with van der Waals surface area (Å²) in [6.45, 7) is 7.43. The number of carbonyl (C=O) groups is 1. The van der Waals surface area contributed by atoms with E-state index in [4.69, 9.17) is 4.74 Å². The summed E-state index contributed by atoms with van der Waals surface area (Å²) in [4.78, 5) is 10.8. The fourth-order valence-corrected chi connectivity index (χ4v) is 1.32. The zero-order chi connectivity index (χ0) is 11.4. The minimum Gasteiger partial charge on any atom is -0.491 e. The molecule has 0 atom stereocenters. The summed E-state index contributed by atoms with van der Waals surface area (Å²) in [5.74, 6) is 0.797. The minimum atomic E-state index is -0.0630. The zero-order valence-corrected chi connectivity index (χ0v) is 9.63. The number of aryl methyl sites for hydroxylation is 1. The molecule has 0 aliphatic heterocycles. The first-order valence-electron chi connectivity index (χ1n) is 5.04. The molecular formula is C12H17NO2. The molecule has 0 radical (unpaired) electrons. The van der Waals surface area contributed by atoms with Crippen LogP contribution < -0.4 is 10.1 Å². The lowest BCUT2D eigenvalue weighted by Crippen LogP contribution is -2.08. The number of nitrogens with one attached hydrogen (secondary N) is 1. The van der Waals surface area contributed by atoms with Gasteiger partial charge in [-0.1, -0.05) is 0 Å². The number of hydrogen-bond acceptors (Lipinski definition) is 2. The SMILES string of the molecule is CC(=O)Nc1ccc(OC(C)C)c(C)c1. The largest absolute Gasteiger partial charge is 0.491 e. The lowest BCUT2D eigenvalue weighted by molar-refractivity contribution is -0.114. The van der Waals surface area contributed by atoms with Crippen LogP contribution in [0.3, 0.4) is 0 Å². The Kier molecular flexibility index (Phi) is 3.72. The van der Waals surface area contributed by atoms with Crippen molar-refractivity contribution in [3.8, 4) is 5.75 Å². The van der Waals surface area contributed by atoms with Crippen molar-refractivity contribution in [3.05, 3.63) is 23.8 Å². The monoisotopic (exact) mass is 207 g/mol. The quantitative estimate of drug-likeness (QED) is 0.827. The van der Waals surface area contributed by atoms with Gasteiger partial charge in [-0.2, -0.15) is 0 Å². The van der Waals surface area contributed by atoms with Crippen LogP contribution in [0.15, 0.2) is 18.2 Å². The third kappa shape index (κ3) is 3.62. The average molecular weight is 207 g/mol. The number of ether oxygens (including phenoxy) is 1. The molecule has 3 nitrogen and oxygen atoms in total. The van der Waals surface area contributed by atoms with Gasteiger partial charge in [-0.15, -0.1) is 0 Å². The Hall–Kier alpha value is -1.51. The number of amides is 1. The van der Waals surface area contributed by atoms with E-state index in [0.29, 0.717) is 0 Å². The highest BCUT2D eigenvalue weighted by molar-refractivity contribution is 5.88. The lowest BCUT2D eigenvalue weighted by atomic mass is 10.2. The molecule has 82 valence electrons. The van der Waals surface area contributed by atoms with Gasteiger partial charge in [-0.05, 0) is 44.5 Å². The lowest BCUT2D eigenvalue weighted by Gasteiger charge is -2.13. The average Bonchev–Trinajstić information content (AvgIpc) is 2.08. The Bertz CT molecular complexity index is 359. The van der Waals surface area contributed by atoms with Crippen LogP contribution >= 0.6 is 0 Å². The molecule has 1 aromatic rings. The number of rotatable bonds is 3. The molecule has 0 aromatic heterocycles. The van der Waals surface area contributed by atoms with Crippen molar-refractivity contribution < 1.29 is 9.53 Å². The molecule has 3 heteroatoms. The number of hydrogen-bond donors (Lipinski definition) is 1. The van der Waals surface area contributed by atoms with Crippen LogP contribution in [0.25, 0.3) is 0 Å². The molecule has 0 saturated heterocycles. The van der Waals surface area contributed by atoms with Gasteiger partial charge in [0.2, 0.25) is 5.91 Å². The Morgan fingerprint density at radius 1 is 1.40 bits per heavy atom. The van der Waals surface area contributed by atoms with Crippen molar-refractivity contribution in [3.63, 3.8) is 0 Å². The Morgan fingerprint density at radius 2 is 2.07 bits per heavy atom. The van der Waals surface area contributed by atoms with Gasteiger partial charge >= 0.3 is 0 Å². The van der Waals surface area contributed by atoms with Crippen molar-refractivity contribution in [1.29, 1.82) is 0 Å². The van der Waals surface area contributed by atoms with E-state index in [1.807, 2.05) is 39.0 Å². The standard InChI is InChI=1S/C12H17NO2/c1-8(2)15-12-6-5-11(7-9(12)3)13-10(4)14/h5-8H,1-4H3,(H,13,14). The fourth-order valence-electron chi connectivity index (χ4n) is 1.32. The van der Waals surface area contributed by atoms with Gasteiger partial charge in [0.15, 0.2) is 0 Å². The highest BCUT2D eigenvalue weighted by atomic mass is 16.5. The molecule has 1 aromatic carbocycles. The maximum Gasteiger partial charge on any atom is 0.221 e. The Morgan fingerprint density at radius 3 is 2.53 bits per heavy atom. The van der Waals surface area contributed by atoms with E-state index in [2.05, 4.69) is 5.32 Å². The van der Waals surface area contributed by atoms with Crippen LogP contribution in [0.5, 0.6) is 5.75 Å². The van der Waals surface area contributed by atoms with Gasteiger partial charge in [-0.25, -0.2) is 0 Å². The van der Waals surface area contributed by atoms with Crippen LogP contribution in [0.2, 0.25) is 0 Å². The molecule has 0 bridgehead atoms. The van der Waals surface area contributed by atoms with Crippen LogP contribution in [0.4, 0.5) is 5.69 Å². The fraction of sp³-hybridized carbons (Fsp3) is 0.417. The van der Waals surface area contributed by atoms with Gasteiger partial charge in [0.25, 0.3) is 0 Å². The van der Waals surface area contributed by atoms with Crippen LogP contribution in [-0.2, 0) is 4.79 Å². The van der Waals surface area contributed by atoms with E-state index in [1.54, 1.807) is 0 Å². The second kappa shape index (κ2) is 4.82. The summed E-state index contributed by atoms with van der Waals surface area (Å²) >= 11 is 0. The maximum absolute atomic E-state index is 10.8. The summed E-state index contributed by atoms with van der Waals surface area (Å²) in [5.41, 5.74) is 1.83. The van der Waals surface area contributed by atoms with Crippen molar-refractivity contribution in [2.45, 2.75) is 33.8 Å². The van der Waals surface area contributed by atoms with Crippen molar-refractivity contribution in [2.24, 2.45) is 0 Å². The highest BCUT2D eigenvalue weighted by Gasteiger charge is 2.03. The van der Waals surface area contributed by atoms with E-state index in [-0.39, 0.29) is 12.0 Å². The summed E-state index contributed by atoms with van der Waals surface area (Å²) in [6.07, 6.45) is 0.162. The summed E-state index contributed by atoms with van der Waals surface area (Å²) < 4.78 is 5.59. The Labute approximate surface area is 90.4 Å². The second-order valence-corrected chi connectivity index (χ2v) is 3.83. The highest BCUT2D eigenvalue weighted by Crippen LogP contribution is 2.22. The molecule has 15 heavy (non-hydrogen) atoms. The smallest absolute Gasteiger partial charge is 0.221 e. The summed E-state index contributed by atoms with van der Waals surface area (Å²) in [5, 5.41) is 2.73. The molecule has 0 heterocycles. The molecule has 1 amide bonds. The van der Waals surface area contributed by atoms with Crippen LogP contribution in [0, 0.1) is 6.92 Å². The number of carbonyl (C=O) groups excluding carboxylic acids is 1. The predicted molar refractivity (Wildman–Crippen MR) is 61.2 cm³/mol. The molecule has 0 fully saturated rings. The first kappa shape index (κ1) is 11.6. The molecule has 1 rings (SSSR count). The maximum atomic E-state index is 10.8. The summed E-state index contributed by atoms with van der Waals surface area (Å²) in [6, 6.07) is 5.62. The normalized spacial score (nSPS) is 10.2. The zero-order valence-electron chi connectivity index (χ0n) is 9.63. The number of benzene rings is 1. The first-order valence-corrected chi connectivity index (χ1v) is 5.04. The molecule has 1 N–H and O–H groups in total. The Balaban J connectivity index is 2.83. The van der Waals surface area contributed by atoms with Gasteiger partial charge in [0, 0.05) is 12.6 Å². The third-order valence-electron chi connectivity index (χ3n) is 1.86. The van der Waals surface area contributed by atoms with Gasteiger partial charge < -0.3 is 10.1 Å². The molecule has 0 aliphatic carbocycles. The van der Waals surface area contributed by atoms with E-state index >= 15 is 0 Å². The topological polar surface area (TPSA) is 38.3 Å². The van der Waals surface area contributed by atoms with Crippen molar-refractivity contribution in [1.82, 2.24) is 0 Å². The van der Waals surface area contributed by atoms with E-state index < -0.39 is 0 Å². The predicted octanol–water partition coefficient (Wildman–Crippen LogP) is 2.74. The van der Waals surface area contributed by atoms with Crippen LogP contribution in [-0.4, -0.2) is 12.0 Å². The molecular weight excluding hydrogens is 190 g/mol. The van der Waals surface area contributed by atoms with Gasteiger partial charge in [0.05, 0.1) is 6.10 Å². The molecule has 0 aliphatic rings. The molecule has 0 unspecified atom stereocenters. The van der Waals surface area contributed by atoms with E-state index in [1.165, 1.54) is 6.92 Å². The second-order valence-electron chi connectivity index (χ2n) is 3.83. The third-order valence-corrected chi connectivity index (χ3v) is 1.86. The summed E-state index contributed by atoms with van der Waals surface area (Å²) in [7, 11) is 0. The van der Waals surface area contributed by atoms with E-state index in [0.717, 1.165) is 17.0 Å². The van der Waals surface area contributed by atoms with Crippen LogP contribution in [0.1, 0.15) is 26.3 Å². The molecule has 0 saturated carbocycles. The number of anilines is 1. The van der Waals surface area contributed by atoms with Gasteiger partial charge in [0.1, 0.15) is 5.75 Å². The van der Waals surface area contributed by atoms with Crippen molar-refractivity contribution in [2.75, 3.05) is 5.32 Å². The first-order chi connectivity index (χ1) is 6.99.